The van der Waals surface area contributed by atoms with E-state index < -0.39 is 0 Å². The first kappa shape index (κ1) is 21.2. The number of piperidine rings is 1. The Labute approximate surface area is 192 Å². The third-order valence-electron chi connectivity index (χ3n) is 6.45. The number of benzene rings is 1. The van der Waals surface area contributed by atoms with Gasteiger partial charge in [0.2, 0.25) is 5.91 Å². The van der Waals surface area contributed by atoms with Gasteiger partial charge >= 0.3 is 0 Å². The van der Waals surface area contributed by atoms with E-state index in [-0.39, 0.29) is 11.8 Å². The van der Waals surface area contributed by atoms with Crippen LogP contribution in [0, 0.1) is 6.92 Å². The van der Waals surface area contributed by atoms with Crippen molar-refractivity contribution in [2.24, 2.45) is 0 Å². The predicted octanol–water partition coefficient (Wildman–Crippen LogP) is 3.45. The zero-order chi connectivity index (χ0) is 22.9. The predicted molar refractivity (Wildman–Crippen MR) is 125 cm³/mol. The Morgan fingerprint density at radius 1 is 0.970 bits per heavy atom. The first-order chi connectivity index (χ1) is 16.1. The van der Waals surface area contributed by atoms with Crippen LogP contribution in [0.4, 0.5) is 11.6 Å². The van der Waals surface area contributed by atoms with Crippen molar-refractivity contribution < 1.29 is 14.3 Å². The van der Waals surface area contributed by atoms with Gasteiger partial charge in [0.15, 0.2) is 23.1 Å². The molecule has 1 saturated heterocycles. The number of fused-ring (bicyclic) bond motifs is 1. The Bertz CT molecular complexity index is 1170. The van der Waals surface area contributed by atoms with Crippen LogP contribution in [0.15, 0.2) is 30.3 Å². The minimum Gasteiger partial charge on any atom is -0.493 e. The van der Waals surface area contributed by atoms with Crippen LogP contribution in [0.25, 0.3) is 5.82 Å². The van der Waals surface area contributed by atoms with Gasteiger partial charge in [-0.3, -0.25) is 4.79 Å². The van der Waals surface area contributed by atoms with E-state index in [4.69, 9.17) is 14.6 Å². The first-order valence-electron chi connectivity index (χ1n) is 11.3. The van der Waals surface area contributed by atoms with Gasteiger partial charge in [0.05, 0.1) is 19.9 Å². The summed E-state index contributed by atoms with van der Waals surface area (Å²) in [5.74, 6) is 3.16. The third-order valence-corrected chi connectivity index (χ3v) is 6.45. The summed E-state index contributed by atoms with van der Waals surface area (Å²) in [6.07, 6.45) is 3.95. The molecule has 1 unspecified atom stereocenters. The second-order valence-corrected chi connectivity index (χ2v) is 8.48. The minimum absolute atomic E-state index is 0.0682. The van der Waals surface area contributed by atoms with E-state index in [0.717, 1.165) is 35.7 Å². The van der Waals surface area contributed by atoms with Crippen LogP contribution in [0.1, 0.15) is 48.4 Å². The van der Waals surface area contributed by atoms with E-state index in [1.54, 1.807) is 18.9 Å². The summed E-state index contributed by atoms with van der Waals surface area (Å²) in [5.41, 5.74) is 2.79. The number of amides is 1. The van der Waals surface area contributed by atoms with E-state index in [2.05, 4.69) is 20.4 Å². The van der Waals surface area contributed by atoms with E-state index >= 15 is 0 Å². The highest BCUT2D eigenvalue weighted by atomic mass is 16.5. The SMILES string of the molecule is COc1ccc(C2CC(=O)Nc3c2c(C)nn3-c2ccc(N3CCCCC3)nn2)cc1OC. The van der Waals surface area contributed by atoms with Crippen LogP contribution < -0.4 is 19.7 Å². The quantitative estimate of drug-likeness (QED) is 0.639. The number of methoxy groups -OCH3 is 2. The molecule has 4 heterocycles. The molecule has 9 nitrogen and oxygen atoms in total. The van der Waals surface area contributed by atoms with Gasteiger partial charge in [0, 0.05) is 31.0 Å². The summed E-state index contributed by atoms with van der Waals surface area (Å²) >= 11 is 0. The fraction of sp³-hybridized carbons (Fsp3) is 0.417. The summed E-state index contributed by atoms with van der Waals surface area (Å²) in [6, 6.07) is 9.66. The molecule has 2 aliphatic rings. The zero-order valence-electron chi connectivity index (χ0n) is 19.2. The molecule has 33 heavy (non-hydrogen) atoms. The van der Waals surface area contributed by atoms with Crippen LogP contribution in [0.2, 0.25) is 0 Å². The van der Waals surface area contributed by atoms with Gasteiger partial charge < -0.3 is 19.7 Å². The highest BCUT2D eigenvalue weighted by Gasteiger charge is 2.33. The van der Waals surface area contributed by atoms with Gasteiger partial charge in [-0.1, -0.05) is 6.07 Å². The molecule has 0 saturated carbocycles. The van der Waals surface area contributed by atoms with Crippen molar-refractivity contribution in [3.05, 3.63) is 47.2 Å². The van der Waals surface area contributed by atoms with E-state index in [1.165, 1.54) is 19.3 Å². The highest BCUT2D eigenvalue weighted by Crippen LogP contribution is 2.42. The maximum Gasteiger partial charge on any atom is 0.226 e. The van der Waals surface area contributed by atoms with Gasteiger partial charge in [0.25, 0.3) is 0 Å². The number of anilines is 2. The second-order valence-electron chi connectivity index (χ2n) is 8.48. The molecule has 1 aromatic carbocycles. The zero-order valence-corrected chi connectivity index (χ0v) is 19.2. The molecule has 0 aliphatic carbocycles. The fourth-order valence-electron chi connectivity index (χ4n) is 4.79. The molecule has 2 aliphatic heterocycles. The molecular weight excluding hydrogens is 420 g/mol. The van der Waals surface area contributed by atoms with Crippen molar-refractivity contribution in [1.29, 1.82) is 0 Å². The Hall–Kier alpha value is -3.62. The lowest BCUT2D eigenvalue weighted by Gasteiger charge is -2.27. The lowest BCUT2D eigenvalue weighted by molar-refractivity contribution is -0.116. The number of nitrogens with one attached hydrogen (secondary N) is 1. The standard InChI is InChI=1S/C24H28N6O3/c1-15-23-17(16-7-8-18(32-2)19(13-16)33-3)14-22(31)25-24(23)30(28-15)21-10-9-20(26-27-21)29-11-5-4-6-12-29/h7-10,13,17H,4-6,11-12,14H2,1-3H3,(H,25,31). The number of carbonyl (C=O) groups excluding carboxylic acids is 1. The van der Waals surface area contributed by atoms with Crippen molar-refractivity contribution in [1.82, 2.24) is 20.0 Å². The molecule has 0 radical (unpaired) electrons. The van der Waals surface area contributed by atoms with E-state index in [0.29, 0.717) is 29.6 Å². The fourth-order valence-corrected chi connectivity index (χ4v) is 4.79. The molecule has 9 heteroatoms. The number of hydrogen-bond acceptors (Lipinski definition) is 7. The van der Waals surface area contributed by atoms with Crippen LogP contribution in [0.5, 0.6) is 11.5 Å². The Kier molecular flexibility index (Phi) is 5.62. The average molecular weight is 449 g/mol. The van der Waals surface area contributed by atoms with Crippen molar-refractivity contribution in [3.63, 3.8) is 0 Å². The number of nitrogens with zero attached hydrogens (tertiary/aromatic N) is 5. The lowest BCUT2D eigenvalue weighted by Crippen LogP contribution is -2.30. The number of rotatable bonds is 5. The number of aryl methyl sites for hydroxylation is 1. The molecule has 2 aromatic heterocycles. The molecule has 0 bridgehead atoms. The molecule has 5 rings (SSSR count). The Morgan fingerprint density at radius 3 is 2.39 bits per heavy atom. The first-order valence-corrected chi connectivity index (χ1v) is 11.3. The van der Waals surface area contributed by atoms with Gasteiger partial charge in [0.1, 0.15) is 5.82 Å². The number of carbonyl (C=O) groups is 1. The van der Waals surface area contributed by atoms with E-state index in [9.17, 15) is 4.79 Å². The molecule has 1 amide bonds. The summed E-state index contributed by atoms with van der Waals surface area (Å²) in [7, 11) is 3.21. The third kappa shape index (κ3) is 3.88. The average Bonchev–Trinajstić information content (AvgIpc) is 3.19. The molecule has 1 fully saturated rings. The van der Waals surface area contributed by atoms with Crippen molar-refractivity contribution in [2.45, 2.75) is 38.5 Å². The molecule has 1 N–H and O–H groups in total. The summed E-state index contributed by atoms with van der Waals surface area (Å²) in [5, 5.41) is 16.6. The minimum atomic E-state index is -0.150. The van der Waals surface area contributed by atoms with Crippen LogP contribution in [0.3, 0.4) is 0 Å². The van der Waals surface area contributed by atoms with Crippen molar-refractivity contribution in [3.8, 4) is 17.3 Å². The van der Waals surface area contributed by atoms with Gasteiger partial charge in [-0.2, -0.15) is 9.78 Å². The maximum absolute atomic E-state index is 12.7. The molecular formula is C24H28N6O3. The van der Waals surface area contributed by atoms with Crippen molar-refractivity contribution >= 4 is 17.5 Å². The number of hydrogen-bond donors (Lipinski definition) is 1. The topological polar surface area (TPSA) is 94.4 Å². The largest absolute Gasteiger partial charge is 0.493 e. The molecule has 0 spiro atoms. The monoisotopic (exact) mass is 448 g/mol. The van der Waals surface area contributed by atoms with Crippen LogP contribution in [-0.4, -0.2) is 53.2 Å². The molecule has 172 valence electrons. The smallest absolute Gasteiger partial charge is 0.226 e. The maximum atomic E-state index is 12.7. The van der Waals surface area contributed by atoms with Crippen LogP contribution in [-0.2, 0) is 4.79 Å². The van der Waals surface area contributed by atoms with Gasteiger partial charge in [-0.25, -0.2) is 0 Å². The lowest BCUT2D eigenvalue weighted by atomic mass is 9.85. The second kappa shape index (κ2) is 8.73. The van der Waals surface area contributed by atoms with Crippen molar-refractivity contribution in [2.75, 3.05) is 37.5 Å². The summed E-state index contributed by atoms with van der Waals surface area (Å²) < 4.78 is 12.5. The molecule has 1 atom stereocenters. The van der Waals surface area contributed by atoms with Crippen LogP contribution >= 0.6 is 0 Å². The Balaban J connectivity index is 1.51. The summed E-state index contributed by atoms with van der Waals surface area (Å²) in [6.45, 7) is 3.97. The number of aromatic nitrogens is 4. The Morgan fingerprint density at radius 2 is 1.70 bits per heavy atom. The normalized spacial score (nSPS) is 18.0. The highest BCUT2D eigenvalue weighted by molar-refractivity contribution is 5.95. The summed E-state index contributed by atoms with van der Waals surface area (Å²) in [4.78, 5) is 15.0. The van der Waals surface area contributed by atoms with Gasteiger partial charge in [-0.05, 0) is 56.0 Å². The number of ether oxygens (including phenoxy) is 2. The molecule has 3 aromatic rings. The van der Waals surface area contributed by atoms with E-state index in [1.807, 2.05) is 37.3 Å². The van der Waals surface area contributed by atoms with Gasteiger partial charge in [-0.15, -0.1) is 10.2 Å².